The van der Waals surface area contributed by atoms with E-state index in [1.165, 1.54) is 17.5 Å². The van der Waals surface area contributed by atoms with E-state index in [0.29, 0.717) is 12.6 Å². The second kappa shape index (κ2) is 9.65. The van der Waals surface area contributed by atoms with Gasteiger partial charge in [-0.15, -0.1) is 24.0 Å². The fourth-order valence-electron chi connectivity index (χ4n) is 2.52. The molecule has 0 saturated heterocycles. The summed E-state index contributed by atoms with van der Waals surface area (Å²) in [6, 6.07) is 19.0. The number of benzene rings is 2. The molecule has 0 amide bonds. The van der Waals surface area contributed by atoms with Gasteiger partial charge < -0.3 is 15.4 Å². The van der Waals surface area contributed by atoms with Gasteiger partial charge in [-0.3, -0.25) is 4.99 Å². The van der Waals surface area contributed by atoms with Crippen molar-refractivity contribution in [3.05, 3.63) is 65.7 Å². The van der Waals surface area contributed by atoms with Crippen molar-refractivity contribution in [2.45, 2.75) is 32.5 Å². The summed E-state index contributed by atoms with van der Waals surface area (Å²) in [7, 11) is 1.81. The maximum absolute atomic E-state index is 5.81. The molecule has 2 aromatic rings. The van der Waals surface area contributed by atoms with E-state index in [1.54, 1.807) is 0 Å². The summed E-state index contributed by atoms with van der Waals surface area (Å²) in [6.45, 7) is 3.59. The van der Waals surface area contributed by atoms with Crippen molar-refractivity contribution < 1.29 is 4.74 Å². The lowest BCUT2D eigenvalue weighted by Gasteiger charge is -2.12. The van der Waals surface area contributed by atoms with Crippen molar-refractivity contribution in [3.8, 4) is 5.75 Å². The van der Waals surface area contributed by atoms with Crippen molar-refractivity contribution in [2.24, 2.45) is 10.9 Å². The monoisotopic (exact) mass is 451 g/mol. The molecule has 4 nitrogen and oxygen atoms in total. The SMILES string of the molecule is CN=C(NCc1ccc(OCc2ccccc2)cc1)NC1CC1C.I. The summed E-state index contributed by atoms with van der Waals surface area (Å²) < 4.78 is 5.81. The minimum Gasteiger partial charge on any atom is -0.489 e. The van der Waals surface area contributed by atoms with Gasteiger partial charge in [0.15, 0.2) is 5.96 Å². The highest BCUT2D eigenvalue weighted by atomic mass is 127. The average molecular weight is 451 g/mol. The van der Waals surface area contributed by atoms with E-state index in [4.69, 9.17) is 4.74 Å². The highest BCUT2D eigenvalue weighted by Crippen LogP contribution is 2.28. The van der Waals surface area contributed by atoms with Gasteiger partial charge in [-0.05, 0) is 35.6 Å². The van der Waals surface area contributed by atoms with Gasteiger partial charge in [0, 0.05) is 19.6 Å². The third kappa shape index (κ3) is 6.23. The van der Waals surface area contributed by atoms with Crippen LogP contribution < -0.4 is 15.4 Å². The van der Waals surface area contributed by atoms with Gasteiger partial charge in [0.05, 0.1) is 0 Å². The number of rotatable bonds is 6. The molecule has 2 atom stereocenters. The number of nitrogens with zero attached hydrogens (tertiary/aromatic N) is 1. The van der Waals surface area contributed by atoms with E-state index in [-0.39, 0.29) is 24.0 Å². The van der Waals surface area contributed by atoms with Gasteiger partial charge in [0.2, 0.25) is 0 Å². The molecule has 1 aliphatic carbocycles. The van der Waals surface area contributed by atoms with Crippen LogP contribution in [0.4, 0.5) is 0 Å². The van der Waals surface area contributed by atoms with Crippen LogP contribution >= 0.6 is 24.0 Å². The molecule has 0 bridgehead atoms. The van der Waals surface area contributed by atoms with Crippen LogP contribution in [0.2, 0.25) is 0 Å². The Labute approximate surface area is 167 Å². The molecule has 2 unspecified atom stereocenters. The minimum absolute atomic E-state index is 0. The Morgan fingerprint density at radius 2 is 1.76 bits per heavy atom. The predicted octanol–water partition coefficient (Wildman–Crippen LogP) is 3.96. The second-order valence-corrected chi connectivity index (χ2v) is 6.31. The maximum Gasteiger partial charge on any atom is 0.191 e. The molecule has 2 aromatic carbocycles. The first kappa shape index (κ1) is 19.6. The standard InChI is InChI=1S/C20H25N3O.HI/c1-15-12-19(15)23-20(21-2)22-13-16-8-10-18(11-9-16)24-14-17-6-4-3-5-7-17;/h3-11,15,19H,12-14H2,1-2H3,(H2,21,22,23);1H. The number of halogens is 1. The largest absolute Gasteiger partial charge is 0.489 e. The summed E-state index contributed by atoms with van der Waals surface area (Å²) in [5, 5.41) is 6.78. The second-order valence-electron chi connectivity index (χ2n) is 6.31. The Kier molecular flexibility index (Phi) is 7.55. The lowest BCUT2D eigenvalue weighted by Crippen LogP contribution is -2.38. The van der Waals surface area contributed by atoms with Crippen molar-refractivity contribution >= 4 is 29.9 Å². The van der Waals surface area contributed by atoms with Crippen molar-refractivity contribution in [1.29, 1.82) is 0 Å². The van der Waals surface area contributed by atoms with Crippen molar-refractivity contribution in [3.63, 3.8) is 0 Å². The molecule has 2 N–H and O–H groups in total. The Hall–Kier alpha value is -1.76. The molecule has 134 valence electrons. The van der Waals surface area contributed by atoms with E-state index in [0.717, 1.165) is 24.2 Å². The zero-order valence-electron chi connectivity index (χ0n) is 14.7. The molecule has 1 saturated carbocycles. The zero-order valence-corrected chi connectivity index (χ0v) is 17.1. The molecule has 0 aliphatic heterocycles. The quantitative estimate of drug-likeness (QED) is 0.397. The van der Waals surface area contributed by atoms with Gasteiger partial charge in [0.1, 0.15) is 12.4 Å². The molecule has 0 aromatic heterocycles. The van der Waals surface area contributed by atoms with Gasteiger partial charge in [0.25, 0.3) is 0 Å². The van der Waals surface area contributed by atoms with Crippen molar-refractivity contribution in [2.75, 3.05) is 7.05 Å². The third-order valence-electron chi connectivity index (χ3n) is 4.29. The van der Waals surface area contributed by atoms with Crippen LogP contribution in [-0.2, 0) is 13.2 Å². The molecule has 3 rings (SSSR count). The van der Waals surface area contributed by atoms with Crippen LogP contribution in [0.3, 0.4) is 0 Å². The van der Waals surface area contributed by atoms with Gasteiger partial charge in [-0.2, -0.15) is 0 Å². The summed E-state index contributed by atoms with van der Waals surface area (Å²) in [6.07, 6.45) is 1.23. The molecule has 25 heavy (non-hydrogen) atoms. The maximum atomic E-state index is 5.81. The van der Waals surface area contributed by atoms with Crippen LogP contribution in [0, 0.1) is 5.92 Å². The Bertz CT molecular complexity index is 673. The van der Waals surface area contributed by atoms with Crippen LogP contribution in [0.15, 0.2) is 59.6 Å². The van der Waals surface area contributed by atoms with E-state index in [9.17, 15) is 0 Å². The first-order chi connectivity index (χ1) is 11.7. The van der Waals surface area contributed by atoms with E-state index < -0.39 is 0 Å². The number of aliphatic imine (C=N–C) groups is 1. The third-order valence-corrected chi connectivity index (χ3v) is 4.29. The lowest BCUT2D eigenvalue weighted by atomic mass is 10.2. The summed E-state index contributed by atoms with van der Waals surface area (Å²) >= 11 is 0. The molecular formula is C20H26IN3O. The fourth-order valence-corrected chi connectivity index (χ4v) is 2.52. The zero-order chi connectivity index (χ0) is 16.8. The molecule has 1 fully saturated rings. The summed E-state index contributed by atoms with van der Waals surface area (Å²) in [5.74, 6) is 2.51. The van der Waals surface area contributed by atoms with Crippen LogP contribution in [0.1, 0.15) is 24.5 Å². The number of nitrogens with one attached hydrogen (secondary N) is 2. The van der Waals surface area contributed by atoms with E-state index in [2.05, 4.69) is 46.8 Å². The van der Waals surface area contributed by atoms with E-state index in [1.807, 2.05) is 37.4 Å². The highest BCUT2D eigenvalue weighted by Gasteiger charge is 2.33. The fraction of sp³-hybridized carbons (Fsp3) is 0.350. The first-order valence-electron chi connectivity index (χ1n) is 8.47. The molecule has 5 heteroatoms. The van der Waals surface area contributed by atoms with Gasteiger partial charge >= 0.3 is 0 Å². The van der Waals surface area contributed by atoms with Gasteiger partial charge in [-0.1, -0.05) is 49.4 Å². The predicted molar refractivity (Wildman–Crippen MR) is 114 cm³/mol. The molecule has 0 spiro atoms. The van der Waals surface area contributed by atoms with Crippen LogP contribution in [0.5, 0.6) is 5.75 Å². The summed E-state index contributed by atoms with van der Waals surface area (Å²) in [4.78, 5) is 4.27. The first-order valence-corrected chi connectivity index (χ1v) is 8.47. The molecule has 0 radical (unpaired) electrons. The Morgan fingerprint density at radius 1 is 1.08 bits per heavy atom. The number of ether oxygens (including phenoxy) is 1. The van der Waals surface area contributed by atoms with Crippen LogP contribution in [-0.4, -0.2) is 19.0 Å². The van der Waals surface area contributed by atoms with Crippen LogP contribution in [0.25, 0.3) is 0 Å². The topological polar surface area (TPSA) is 45.7 Å². The van der Waals surface area contributed by atoms with E-state index >= 15 is 0 Å². The number of hydrogen-bond donors (Lipinski definition) is 2. The smallest absolute Gasteiger partial charge is 0.191 e. The molecule has 1 aliphatic rings. The normalized spacial score (nSPS) is 18.9. The Balaban J connectivity index is 0.00000225. The molecular weight excluding hydrogens is 425 g/mol. The highest BCUT2D eigenvalue weighted by molar-refractivity contribution is 14.0. The van der Waals surface area contributed by atoms with Crippen molar-refractivity contribution in [1.82, 2.24) is 10.6 Å². The number of guanidine groups is 1. The summed E-state index contributed by atoms with van der Waals surface area (Å²) in [5.41, 5.74) is 2.38. The average Bonchev–Trinajstić information content (AvgIpc) is 3.33. The molecule has 0 heterocycles. The Morgan fingerprint density at radius 3 is 2.36 bits per heavy atom. The lowest BCUT2D eigenvalue weighted by molar-refractivity contribution is 0.306. The van der Waals surface area contributed by atoms with Gasteiger partial charge in [-0.25, -0.2) is 0 Å². The number of hydrogen-bond acceptors (Lipinski definition) is 2. The minimum atomic E-state index is 0.